The Morgan fingerprint density at radius 2 is 1.59 bits per heavy atom. The molecule has 0 fully saturated rings. The Bertz CT molecular complexity index is 1800. The van der Waals surface area contributed by atoms with Crippen LogP contribution >= 0.6 is 0 Å². The molecule has 0 saturated heterocycles. The first-order valence-electron chi connectivity index (χ1n) is 15.1. The SMILES string of the molecule is CCC(=O)OC.CCc1c(C)c2cc3[nH]c(cc4nc(c(C)c5nc(cc1[nH]2)C(C)=C5C(=O)OC)CC4C)c(C)c3C(C)O. The van der Waals surface area contributed by atoms with Crippen LogP contribution in [-0.2, 0) is 31.9 Å². The molecule has 2 aliphatic heterocycles. The summed E-state index contributed by atoms with van der Waals surface area (Å²) < 4.78 is 9.43. The molecule has 3 aromatic heterocycles. The van der Waals surface area contributed by atoms with Crippen LogP contribution in [0.1, 0.15) is 104 Å². The van der Waals surface area contributed by atoms with Gasteiger partial charge in [0.15, 0.2) is 0 Å². The minimum atomic E-state index is -0.625. The van der Waals surface area contributed by atoms with Crippen molar-refractivity contribution in [3.63, 3.8) is 0 Å². The smallest absolute Gasteiger partial charge is 0.340 e. The van der Waals surface area contributed by atoms with E-state index in [1.807, 2.05) is 26.8 Å². The molecule has 0 aliphatic carbocycles. The van der Waals surface area contributed by atoms with Crippen molar-refractivity contribution in [2.24, 2.45) is 0 Å². The Hall–Kier alpha value is -4.24. The number of nitrogens with zero attached hydrogens (tertiary/aromatic N) is 2. The highest BCUT2D eigenvalue weighted by molar-refractivity contribution is 6.25. The van der Waals surface area contributed by atoms with Gasteiger partial charge in [0.2, 0.25) is 0 Å². The molecule has 2 unspecified atom stereocenters. The number of esters is 2. The number of aryl methyl sites for hydroxylation is 3. The molecule has 234 valence electrons. The van der Waals surface area contributed by atoms with E-state index in [0.717, 1.165) is 79.8 Å². The van der Waals surface area contributed by atoms with E-state index in [-0.39, 0.29) is 11.9 Å². The number of aromatic amines is 2. The van der Waals surface area contributed by atoms with Gasteiger partial charge in [0, 0.05) is 51.4 Å². The van der Waals surface area contributed by atoms with Crippen molar-refractivity contribution in [1.82, 2.24) is 19.9 Å². The van der Waals surface area contributed by atoms with E-state index in [0.29, 0.717) is 17.7 Å². The number of aliphatic hydroxyl groups is 1. The molecule has 5 rings (SSSR count). The highest BCUT2D eigenvalue weighted by Crippen LogP contribution is 2.36. The number of carbonyl (C=O) groups excluding carboxylic acids is 2. The Balaban J connectivity index is 0.000000670. The summed E-state index contributed by atoms with van der Waals surface area (Å²) >= 11 is 0. The highest BCUT2D eigenvalue weighted by Gasteiger charge is 2.28. The largest absolute Gasteiger partial charge is 0.469 e. The average molecular weight is 601 g/mol. The predicted octanol–water partition coefficient (Wildman–Crippen LogP) is 6.88. The number of H-pyrrole nitrogens is 2. The molecule has 44 heavy (non-hydrogen) atoms. The van der Waals surface area contributed by atoms with Crippen LogP contribution < -0.4 is 0 Å². The van der Waals surface area contributed by atoms with E-state index in [9.17, 15) is 14.7 Å². The molecule has 9 nitrogen and oxygen atoms in total. The fourth-order valence-electron chi connectivity index (χ4n) is 6.01. The average Bonchev–Trinajstić information content (AvgIpc) is 3.70. The molecular formula is C35H44N4O5. The lowest BCUT2D eigenvalue weighted by Crippen LogP contribution is -2.05. The predicted molar refractivity (Wildman–Crippen MR) is 174 cm³/mol. The van der Waals surface area contributed by atoms with Crippen molar-refractivity contribution >= 4 is 45.2 Å². The number of allylic oxidation sites excluding steroid dienone is 1. The number of hydrogen-bond acceptors (Lipinski definition) is 7. The number of fused-ring (bicyclic) bond motifs is 8. The van der Waals surface area contributed by atoms with Gasteiger partial charge in [-0.15, -0.1) is 0 Å². The maximum atomic E-state index is 12.9. The Kier molecular flexibility index (Phi) is 9.78. The Morgan fingerprint density at radius 3 is 2.16 bits per heavy atom. The van der Waals surface area contributed by atoms with E-state index in [2.05, 4.69) is 47.6 Å². The second-order valence-electron chi connectivity index (χ2n) is 11.5. The lowest BCUT2D eigenvalue weighted by Gasteiger charge is -2.05. The molecule has 2 atom stereocenters. The number of carbonyl (C=O) groups is 2. The maximum absolute atomic E-state index is 12.9. The molecule has 0 radical (unpaired) electrons. The van der Waals surface area contributed by atoms with Gasteiger partial charge in [0.1, 0.15) is 0 Å². The van der Waals surface area contributed by atoms with Gasteiger partial charge < -0.3 is 24.5 Å². The first-order chi connectivity index (χ1) is 20.9. The first kappa shape index (κ1) is 32.7. The molecule has 3 aromatic rings. The van der Waals surface area contributed by atoms with Crippen LogP contribution in [-0.4, -0.2) is 51.2 Å². The standard InChI is InChI=1S/C31H36N4O3.C4H8O2/c1-9-20-15(3)23-13-27-28(19(7)36)16(4)24(34-27)11-21-14(2)10-22(32-21)18(6)30-29(31(37)38-8)17(5)25(35-30)12-26(20)33-23;1-3-4(5)6-2/h11-14,19,33-34,36H,9-10H2,1-8H3;3H2,1-2H3. The Morgan fingerprint density at radius 1 is 0.932 bits per heavy atom. The molecule has 9 heteroatoms. The molecule has 0 aromatic carbocycles. The second kappa shape index (κ2) is 13.2. The summed E-state index contributed by atoms with van der Waals surface area (Å²) in [5.74, 6) is -0.351. The zero-order valence-corrected chi connectivity index (χ0v) is 27.5. The summed E-state index contributed by atoms with van der Waals surface area (Å²) in [5, 5.41) is 10.7. The van der Waals surface area contributed by atoms with Gasteiger partial charge in [-0.2, -0.15) is 0 Å². The molecular weight excluding hydrogens is 556 g/mol. The zero-order valence-electron chi connectivity index (χ0n) is 27.5. The van der Waals surface area contributed by atoms with Gasteiger partial charge in [0.25, 0.3) is 0 Å². The Labute approximate surface area is 258 Å². The summed E-state index contributed by atoms with van der Waals surface area (Å²) in [6, 6.07) is 6.19. The first-order valence-corrected chi connectivity index (χ1v) is 15.1. The van der Waals surface area contributed by atoms with E-state index in [4.69, 9.17) is 14.7 Å². The minimum absolute atomic E-state index is 0.157. The number of aliphatic hydroxyl groups excluding tert-OH is 1. The van der Waals surface area contributed by atoms with Gasteiger partial charge in [0.05, 0.1) is 37.3 Å². The van der Waals surface area contributed by atoms with E-state index < -0.39 is 12.1 Å². The highest BCUT2D eigenvalue weighted by atomic mass is 16.5. The van der Waals surface area contributed by atoms with Crippen LogP contribution in [0.5, 0.6) is 0 Å². The monoisotopic (exact) mass is 600 g/mol. The summed E-state index contributed by atoms with van der Waals surface area (Å²) in [5.41, 5.74) is 13.4. The van der Waals surface area contributed by atoms with Gasteiger partial charge >= 0.3 is 11.9 Å². The van der Waals surface area contributed by atoms with Crippen molar-refractivity contribution in [3.05, 3.63) is 68.8 Å². The van der Waals surface area contributed by atoms with Gasteiger partial charge in [-0.05, 0) is 93.5 Å². The normalized spacial score (nSPS) is 15.0. The molecule has 8 bridgehead atoms. The maximum Gasteiger partial charge on any atom is 0.340 e. The molecule has 0 spiro atoms. The van der Waals surface area contributed by atoms with E-state index >= 15 is 0 Å². The van der Waals surface area contributed by atoms with Crippen molar-refractivity contribution in [1.29, 1.82) is 0 Å². The third-order valence-electron chi connectivity index (χ3n) is 8.64. The van der Waals surface area contributed by atoms with Crippen LogP contribution in [0, 0.1) is 20.8 Å². The number of hydrogen-bond donors (Lipinski definition) is 3. The van der Waals surface area contributed by atoms with Crippen LogP contribution in [0.2, 0.25) is 0 Å². The summed E-state index contributed by atoms with van der Waals surface area (Å²) in [6.07, 6.45) is 1.43. The number of methoxy groups -OCH3 is 2. The number of nitrogens with one attached hydrogen (secondary N) is 2. The van der Waals surface area contributed by atoms with Crippen molar-refractivity contribution in [3.8, 4) is 0 Å². The summed E-state index contributed by atoms with van der Waals surface area (Å²) in [4.78, 5) is 40.0. The van der Waals surface area contributed by atoms with Crippen LogP contribution in [0.3, 0.4) is 0 Å². The van der Waals surface area contributed by atoms with Crippen LogP contribution in [0.25, 0.3) is 33.2 Å². The van der Waals surface area contributed by atoms with Gasteiger partial charge in [-0.3, -0.25) is 9.78 Å². The third-order valence-corrected chi connectivity index (χ3v) is 8.64. The molecule has 3 N–H and O–H groups in total. The minimum Gasteiger partial charge on any atom is -0.469 e. The summed E-state index contributed by atoms with van der Waals surface area (Å²) in [7, 11) is 2.79. The molecule has 5 heterocycles. The molecule has 0 saturated carbocycles. The molecule has 0 amide bonds. The van der Waals surface area contributed by atoms with Crippen LogP contribution in [0.15, 0.2) is 18.2 Å². The quantitative estimate of drug-likeness (QED) is 0.279. The van der Waals surface area contributed by atoms with E-state index in [1.165, 1.54) is 19.8 Å². The third kappa shape index (κ3) is 6.06. The fourth-order valence-corrected chi connectivity index (χ4v) is 6.01. The van der Waals surface area contributed by atoms with Gasteiger partial charge in [-0.25, -0.2) is 9.78 Å². The lowest BCUT2D eigenvalue weighted by molar-refractivity contribution is -0.140. The molecule has 2 aliphatic rings. The van der Waals surface area contributed by atoms with Crippen LogP contribution in [0.4, 0.5) is 0 Å². The van der Waals surface area contributed by atoms with Crippen molar-refractivity contribution in [2.45, 2.75) is 86.7 Å². The lowest BCUT2D eigenvalue weighted by atomic mass is 9.99. The van der Waals surface area contributed by atoms with Crippen molar-refractivity contribution in [2.75, 3.05) is 14.2 Å². The second-order valence-corrected chi connectivity index (χ2v) is 11.5. The zero-order chi connectivity index (χ0) is 32.5. The number of aromatic nitrogens is 4. The topological polar surface area (TPSA) is 130 Å². The van der Waals surface area contributed by atoms with E-state index in [1.54, 1.807) is 13.8 Å². The number of rotatable bonds is 4. The van der Waals surface area contributed by atoms with Crippen molar-refractivity contribution < 1.29 is 24.2 Å². The number of ether oxygens (including phenoxy) is 2. The van der Waals surface area contributed by atoms with Gasteiger partial charge in [-0.1, -0.05) is 20.8 Å². The summed E-state index contributed by atoms with van der Waals surface area (Å²) in [6.45, 7) is 15.9. The fraction of sp³-hybridized carbons (Fsp3) is 0.429.